The van der Waals surface area contributed by atoms with E-state index in [9.17, 15) is 4.79 Å². The summed E-state index contributed by atoms with van der Waals surface area (Å²) in [5.74, 6) is 0. The van der Waals surface area contributed by atoms with Gasteiger partial charge < -0.3 is 4.74 Å². The zero-order chi connectivity index (χ0) is 15.6. The number of aromatic nitrogens is 4. The maximum Gasteiger partial charge on any atom is 0.414 e. The molecular weight excluding hydrogens is 270 g/mol. The van der Waals surface area contributed by atoms with E-state index in [4.69, 9.17) is 4.74 Å². The van der Waals surface area contributed by atoms with E-state index >= 15 is 0 Å². The molecule has 0 aliphatic carbocycles. The fourth-order valence-corrected chi connectivity index (χ4v) is 1.75. The summed E-state index contributed by atoms with van der Waals surface area (Å²) in [4.78, 5) is 21.4. The number of amides is 1. The predicted octanol–water partition coefficient (Wildman–Crippen LogP) is 2.34. The lowest BCUT2D eigenvalue weighted by Crippen LogP contribution is -2.34. The summed E-state index contributed by atoms with van der Waals surface area (Å²) in [5.41, 5.74) is 1.58. The Morgan fingerprint density at radius 3 is 2.48 bits per heavy atom. The Hall–Kier alpha value is -2.44. The quantitative estimate of drug-likeness (QED) is 0.848. The molecule has 0 saturated carbocycles. The zero-order valence-corrected chi connectivity index (χ0v) is 12.9. The van der Waals surface area contributed by atoms with Crippen LogP contribution < -0.4 is 4.90 Å². The van der Waals surface area contributed by atoms with Gasteiger partial charge >= 0.3 is 6.09 Å². The van der Waals surface area contributed by atoms with Crippen LogP contribution in [0.15, 0.2) is 24.9 Å². The van der Waals surface area contributed by atoms with Crippen molar-refractivity contribution in [1.29, 1.82) is 0 Å². The molecule has 0 bridgehead atoms. The van der Waals surface area contributed by atoms with Gasteiger partial charge in [0.2, 0.25) is 0 Å². The number of hydrogen-bond acceptors (Lipinski definition) is 5. The molecule has 7 nitrogen and oxygen atoms in total. The van der Waals surface area contributed by atoms with Crippen LogP contribution in [0.1, 0.15) is 26.5 Å². The Balaban J connectivity index is 2.25. The van der Waals surface area contributed by atoms with E-state index in [0.29, 0.717) is 11.4 Å². The number of anilines is 1. The van der Waals surface area contributed by atoms with Gasteiger partial charge in [0.1, 0.15) is 17.6 Å². The van der Waals surface area contributed by atoms with Crippen molar-refractivity contribution in [3.8, 4) is 5.69 Å². The first-order valence-electron chi connectivity index (χ1n) is 6.56. The van der Waals surface area contributed by atoms with E-state index < -0.39 is 11.7 Å². The SMILES string of the molecule is Cc1nn(-c2cncnc2)cc1N(C)C(=O)OC(C)(C)C. The smallest absolute Gasteiger partial charge is 0.414 e. The van der Waals surface area contributed by atoms with E-state index in [1.54, 1.807) is 30.3 Å². The number of ether oxygens (including phenoxy) is 1. The van der Waals surface area contributed by atoms with Gasteiger partial charge in [-0.3, -0.25) is 4.90 Å². The second-order valence-corrected chi connectivity index (χ2v) is 5.68. The second kappa shape index (κ2) is 5.51. The molecule has 0 radical (unpaired) electrons. The number of carbonyl (C=O) groups excluding carboxylic acids is 1. The molecule has 0 aromatic carbocycles. The molecule has 0 fully saturated rings. The first kappa shape index (κ1) is 15.0. The van der Waals surface area contributed by atoms with Gasteiger partial charge in [0, 0.05) is 7.05 Å². The Morgan fingerprint density at radius 2 is 1.90 bits per heavy atom. The zero-order valence-electron chi connectivity index (χ0n) is 12.9. The van der Waals surface area contributed by atoms with Gasteiger partial charge in [-0.1, -0.05) is 0 Å². The monoisotopic (exact) mass is 289 g/mol. The van der Waals surface area contributed by atoms with Crippen molar-refractivity contribution < 1.29 is 9.53 Å². The first-order chi connectivity index (χ1) is 9.78. The molecule has 1 amide bonds. The summed E-state index contributed by atoms with van der Waals surface area (Å²) in [6.45, 7) is 7.32. The molecule has 0 saturated heterocycles. The summed E-state index contributed by atoms with van der Waals surface area (Å²) in [6, 6.07) is 0. The highest BCUT2D eigenvalue weighted by Crippen LogP contribution is 2.21. The molecule has 2 rings (SSSR count). The van der Waals surface area contributed by atoms with Crippen LogP contribution in [-0.2, 0) is 4.74 Å². The van der Waals surface area contributed by atoms with E-state index in [1.165, 1.54) is 11.2 Å². The molecule has 0 atom stereocenters. The molecule has 0 aliphatic rings. The third kappa shape index (κ3) is 3.56. The third-order valence-electron chi connectivity index (χ3n) is 2.71. The van der Waals surface area contributed by atoms with Crippen LogP contribution in [-0.4, -0.2) is 38.5 Å². The number of nitrogens with zero attached hydrogens (tertiary/aromatic N) is 5. The van der Waals surface area contributed by atoms with Crippen molar-refractivity contribution in [2.75, 3.05) is 11.9 Å². The lowest BCUT2D eigenvalue weighted by molar-refractivity contribution is 0.0589. The molecule has 0 aliphatic heterocycles. The summed E-state index contributed by atoms with van der Waals surface area (Å²) in [5, 5.41) is 4.37. The second-order valence-electron chi connectivity index (χ2n) is 5.68. The Bertz CT molecular complexity index is 631. The van der Waals surface area contributed by atoms with Gasteiger partial charge in [0.05, 0.1) is 30.0 Å². The van der Waals surface area contributed by atoms with Gasteiger partial charge in [-0.2, -0.15) is 5.10 Å². The van der Waals surface area contributed by atoms with Crippen molar-refractivity contribution in [1.82, 2.24) is 19.7 Å². The van der Waals surface area contributed by atoms with E-state index in [1.807, 2.05) is 27.7 Å². The summed E-state index contributed by atoms with van der Waals surface area (Å²) in [6.07, 6.45) is 6.08. The average Bonchev–Trinajstić information content (AvgIpc) is 2.79. The number of hydrogen-bond donors (Lipinski definition) is 0. The number of aryl methyl sites for hydroxylation is 1. The van der Waals surface area contributed by atoms with Gasteiger partial charge in [0.15, 0.2) is 0 Å². The first-order valence-corrected chi connectivity index (χ1v) is 6.56. The highest BCUT2D eigenvalue weighted by molar-refractivity contribution is 5.87. The number of carbonyl (C=O) groups is 1. The van der Waals surface area contributed by atoms with Crippen molar-refractivity contribution in [3.05, 3.63) is 30.6 Å². The summed E-state index contributed by atoms with van der Waals surface area (Å²) in [7, 11) is 1.66. The van der Waals surface area contributed by atoms with Gasteiger partial charge in [-0.15, -0.1) is 0 Å². The third-order valence-corrected chi connectivity index (χ3v) is 2.71. The molecule has 7 heteroatoms. The largest absolute Gasteiger partial charge is 0.443 e. The van der Waals surface area contributed by atoms with Crippen LogP contribution in [0.5, 0.6) is 0 Å². The molecular formula is C14H19N5O2. The predicted molar refractivity (Wildman–Crippen MR) is 78.5 cm³/mol. The lowest BCUT2D eigenvalue weighted by atomic mass is 10.2. The fraction of sp³-hybridized carbons (Fsp3) is 0.429. The standard InChI is InChI=1S/C14H19N5O2/c1-10-12(18(5)13(20)21-14(2,3)4)8-19(17-10)11-6-15-9-16-7-11/h6-9H,1-5H3. The average molecular weight is 289 g/mol. The van der Waals surface area contributed by atoms with Gasteiger partial charge in [-0.25, -0.2) is 19.4 Å². The lowest BCUT2D eigenvalue weighted by Gasteiger charge is -2.24. The highest BCUT2D eigenvalue weighted by Gasteiger charge is 2.23. The van der Waals surface area contributed by atoms with Crippen LogP contribution >= 0.6 is 0 Å². The molecule has 0 N–H and O–H groups in total. The molecule has 2 aromatic heterocycles. The van der Waals surface area contributed by atoms with Crippen LogP contribution in [0, 0.1) is 6.92 Å². The molecule has 0 spiro atoms. The number of rotatable bonds is 2. The maximum absolute atomic E-state index is 12.1. The normalized spacial score (nSPS) is 11.3. The van der Waals surface area contributed by atoms with E-state index in [-0.39, 0.29) is 0 Å². The minimum atomic E-state index is -0.539. The minimum absolute atomic E-state index is 0.422. The van der Waals surface area contributed by atoms with Crippen LogP contribution in [0.25, 0.3) is 5.69 Å². The van der Waals surface area contributed by atoms with Crippen molar-refractivity contribution >= 4 is 11.8 Å². The molecule has 0 unspecified atom stereocenters. The fourth-order valence-electron chi connectivity index (χ4n) is 1.75. The van der Waals surface area contributed by atoms with Crippen LogP contribution in [0.2, 0.25) is 0 Å². The minimum Gasteiger partial charge on any atom is -0.443 e. The van der Waals surface area contributed by atoms with E-state index in [0.717, 1.165) is 5.69 Å². The Kier molecular flexibility index (Phi) is 3.93. The summed E-state index contributed by atoms with van der Waals surface area (Å²) < 4.78 is 6.98. The highest BCUT2D eigenvalue weighted by atomic mass is 16.6. The van der Waals surface area contributed by atoms with Gasteiger partial charge in [0.25, 0.3) is 0 Å². The maximum atomic E-state index is 12.1. The van der Waals surface area contributed by atoms with Gasteiger partial charge in [-0.05, 0) is 27.7 Å². The van der Waals surface area contributed by atoms with Crippen molar-refractivity contribution in [2.24, 2.45) is 0 Å². The van der Waals surface area contributed by atoms with Crippen LogP contribution in [0.4, 0.5) is 10.5 Å². The molecule has 2 aromatic rings. The van der Waals surface area contributed by atoms with Crippen molar-refractivity contribution in [3.63, 3.8) is 0 Å². The summed E-state index contributed by atoms with van der Waals surface area (Å²) >= 11 is 0. The van der Waals surface area contributed by atoms with E-state index in [2.05, 4.69) is 15.1 Å². The molecule has 112 valence electrons. The van der Waals surface area contributed by atoms with Crippen LogP contribution in [0.3, 0.4) is 0 Å². The molecule has 2 heterocycles. The topological polar surface area (TPSA) is 73.1 Å². The Morgan fingerprint density at radius 1 is 1.29 bits per heavy atom. The Labute approximate surface area is 123 Å². The van der Waals surface area contributed by atoms with Crippen molar-refractivity contribution in [2.45, 2.75) is 33.3 Å². The molecule has 21 heavy (non-hydrogen) atoms.